The lowest BCUT2D eigenvalue weighted by Gasteiger charge is -2.30. The van der Waals surface area contributed by atoms with Crippen molar-refractivity contribution in [3.05, 3.63) is 35.4 Å². The summed E-state index contributed by atoms with van der Waals surface area (Å²) in [4.78, 5) is 23.6. The molecule has 0 bridgehead atoms. The number of fused-ring (bicyclic) bond motifs is 1. The van der Waals surface area contributed by atoms with Crippen LogP contribution in [0.2, 0.25) is 0 Å². The highest BCUT2D eigenvalue weighted by atomic mass is 16.7. The Morgan fingerprint density at radius 1 is 1.26 bits per heavy atom. The molecule has 0 fully saturated rings. The number of ether oxygens (including phenoxy) is 2. The van der Waals surface area contributed by atoms with E-state index in [1.807, 2.05) is 25.1 Å². The second kappa shape index (κ2) is 6.32. The molecule has 0 saturated heterocycles. The first-order valence-electron chi connectivity index (χ1n) is 7.57. The molecular weight excluding hydrogens is 298 g/mol. The van der Waals surface area contributed by atoms with Gasteiger partial charge in [-0.15, -0.1) is 0 Å². The van der Waals surface area contributed by atoms with Crippen LogP contribution >= 0.6 is 0 Å². The van der Waals surface area contributed by atoms with Crippen molar-refractivity contribution in [2.24, 2.45) is 11.8 Å². The number of carboxylic acids is 1. The van der Waals surface area contributed by atoms with Gasteiger partial charge in [0.15, 0.2) is 11.5 Å². The summed E-state index contributed by atoms with van der Waals surface area (Å²) in [5.74, 6) is -1.44. The summed E-state index contributed by atoms with van der Waals surface area (Å²) in [6, 6.07) is 5.45. The Bertz CT molecular complexity index is 667. The highest BCUT2D eigenvalue weighted by molar-refractivity contribution is 5.84. The van der Waals surface area contributed by atoms with E-state index in [2.05, 4.69) is 5.32 Å². The van der Waals surface area contributed by atoms with Gasteiger partial charge in [0.05, 0.1) is 0 Å². The summed E-state index contributed by atoms with van der Waals surface area (Å²) >= 11 is 0. The number of amides is 1. The predicted molar refractivity (Wildman–Crippen MR) is 79.4 cm³/mol. The maximum absolute atomic E-state index is 12.4. The van der Waals surface area contributed by atoms with E-state index in [1.165, 1.54) is 0 Å². The van der Waals surface area contributed by atoms with Crippen LogP contribution in [0.5, 0.6) is 11.5 Å². The molecule has 6 heteroatoms. The van der Waals surface area contributed by atoms with E-state index < -0.39 is 17.8 Å². The molecule has 0 radical (unpaired) electrons. The van der Waals surface area contributed by atoms with Crippen molar-refractivity contribution in [2.45, 2.75) is 26.3 Å². The van der Waals surface area contributed by atoms with E-state index >= 15 is 0 Å². The topological polar surface area (TPSA) is 87.7 Å². The lowest BCUT2D eigenvalue weighted by molar-refractivity contribution is -0.313. The molecule has 3 rings (SSSR count). The highest BCUT2D eigenvalue weighted by Gasteiger charge is 2.31. The Hall–Kier alpha value is -2.50. The van der Waals surface area contributed by atoms with Crippen molar-refractivity contribution in [1.82, 2.24) is 5.32 Å². The van der Waals surface area contributed by atoms with Crippen LogP contribution in [-0.2, 0) is 16.1 Å². The van der Waals surface area contributed by atoms with Crippen LogP contribution in [0.3, 0.4) is 0 Å². The number of carboxylic acid groups (broad SMARTS) is 1. The minimum Gasteiger partial charge on any atom is -0.550 e. The van der Waals surface area contributed by atoms with E-state index in [0.29, 0.717) is 30.9 Å². The second-order valence-corrected chi connectivity index (χ2v) is 5.93. The molecule has 1 aliphatic heterocycles. The number of benzene rings is 1. The van der Waals surface area contributed by atoms with Crippen LogP contribution in [-0.4, -0.2) is 18.7 Å². The van der Waals surface area contributed by atoms with Gasteiger partial charge in [0.2, 0.25) is 12.7 Å². The maximum Gasteiger partial charge on any atom is 0.231 e. The SMILES string of the molecule is CC1=CC[C@H](C(=O)[O-])[C@H](C(=O)NCc2ccc3c(c2)OCO3)C1. The van der Waals surface area contributed by atoms with Crippen molar-refractivity contribution in [1.29, 1.82) is 0 Å². The second-order valence-electron chi connectivity index (χ2n) is 5.93. The molecule has 2 aliphatic rings. The molecule has 0 saturated carbocycles. The van der Waals surface area contributed by atoms with E-state index in [0.717, 1.165) is 11.1 Å². The summed E-state index contributed by atoms with van der Waals surface area (Å²) in [5, 5.41) is 14.0. The van der Waals surface area contributed by atoms with Crippen LogP contribution < -0.4 is 19.9 Å². The molecule has 1 aromatic rings. The molecule has 1 N–H and O–H groups in total. The maximum atomic E-state index is 12.4. The summed E-state index contributed by atoms with van der Waals surface area (Å²) in [6.07, 6.45) is 2.66. The molecule has 6 nitrogen and oxygen atoms in total. The summed E-state index contributed by atoms with van der Waals surface area (Å²) in [5.41, 5.74) is 1.90. The van der Waals surface area contributed by atoms with Gasteiger partial charge in [-0.3, -0.25) is 4.79 Å². The van der Waals surface area contributed by atoms with E-state index in [4.69, 9.17) is 9.47 Å². The van der Waals surface area contributed by atoms with E-state index in [1.54, 1.807) is 6.07 Å². The largest absolute Gasteiger partial charge is 0.550 e. The van der Waals surface area contributed by atoms with Crippen molar-refractivity contribution >= 4 is 11.9 Å². The van der Waals surface area contributed by atoms with Gasteiger partial charge in [0, 0.05) is 24.3 Å². The van der Waals surface area contributed by atoms with E-state index in [9.17, 15) is 14.7 Å². The Kier molecular flexibility index (Phi) is 4.23. The molecule has 1 amide bonds. The fourth-order valence-corrected chi connectivity index (χ4v) is 2.97. The van der Waals surface area contributed by atoms with Gasteiger partial charge in [-0.2, -0.15) is 0 Å². The molecule has 0 spiro atoms. The molecular formula is C17H18NO5-. The van der Waals surface area contributed by atoms with Crippen molar-refractivity contribution in [2.75, 3.05) is 6.79 Å². The van der Waals surface area contributed by atoms with Gasteiger partial charge >= 0.3 is 0 Å². The van der Waals surface area contributed by atoms with Crippen LogP contribution in [0.4, 0.5) is 0 Å². The third-order valence-electron chi connectivity index (χ3n) is 4.29. The van der Waals surface area contributed by atoms with Gasteiger partial charge in [-0.25, -0.2) is 0 Å². The average Bonchev–Trinajstić information content (AvgIpc) is 2.99. The van der Waals surface area contributed by atoms with Gasteiger partial charge in [0.25, 0.3) is 0 Å². The normalized spacial score (nSPS) is 22.4. The number of allylic oxidation sites excluding steroid dienone is 2. The molecule has 122 valence electrons. The zero-order chi connectivity index (χ0) is 16.4. The minimum atomic E-state index is -1.17. The van der Waals surface area contributed by atoms with E-state index in [-0.39, 0.29) is 12.7 Å². The quantitative estimate of drug-likeness (QED) is 0.828. The number of hydrogen-bond donors (Lipinski definition) is 1. The number of carbonyl (C=O) groups excluding carboxylic acids is 2. The van der Waals surface area contributed by atoms with Crippen molar-refractivity contribution < 1.29 is 24.2 Å². The zero-order valence-electron chi connectivity index (χ0n) is 12.8. The Morgan fingerprint density at radius 3 is 2.83 bits per heavy atom. The summed E-state index contributed by atoms with van der Waals surface area (Å²) in [6.45, 7) is 2.42. The van der Waals surface area contributed by atoms with Gasteiger partial charge in [0.1, 0.15) is 0 Å². The fourth-order valence-electron chi connectivity index (χ4n) is 2.97. The zero-order valence-corrected chi connectivity index (χ0v) is 12.8. The Labute approximate surface area is 134 Å². The predicted octanol–water partition coefficient (Wildman–Crippen LogP) is 0.754. The molecule has 1 aromatic carbocycles. The lowest BCUT2D eigenvalue weighted by atomic mass is 9.79. The number of aliphatic carboxylic acids is 1. The Morgan fingerprint density at radius 2 is 2.04 bits per heavy atom. The van der Waals surface area contributed by atoms with Crippen LogP contribution in [0.25, 0.3) is 0 Å². The third kappa shape index (κ3) is 3.31. The smallest absolute Gasteiger partial charge is 0.231 e. The Balaban J connectivity index is 1.64. The fraction of sp³-hybridized carbons (Fsp3) is 0.412. The molecule has 2 atom stereocenters. The molecule has 0 aromatic heterocycles. The molecule has 0 unspecified atom stereocenters. The molecule has 1 aliphatic carbocycles. The van der Waals surface area contributed by atoms with Crippen LogP contribution in [0, 0.1) is 11.8 Å². The number of nitrogens with one attached hydrogen (secondary N) is 1. The van der Waals surface area contributed by atoms with Crippen LogP contribution in [0.15, 0.2) is 29.8 Å². The summed E-state index contributed by atoms with van der Waals surface area (Å²) in [7, 11) is 0. The first-order valence-corrected chi connectivity index (χ1v) is 7.57. The van der Waals surface area contributed by atoms with Gasteiger partial charge < -0.3 is 24.7 Å². The number of hydrogen-bond acceptors (Lipinski definition) is 5. The van der Waals surface area contributed by atoms with Crippen molar-refractivity contribution in [3.63, 3.8) is 0 Å². The first-order chi connectivity index (χ1) is 11.0. The molecule has 1 heterocycles. The summed E-state index contributed by atoms with van der Waals surface area (Å²) < 4.78 is 10.5. The van der Waals surface area contributed by atoms with Crippen molar-refractivity contribution in [3.8, 4) is 11.5 Å². The highest BCUT2D eigenvalue weighted by Crippen LogP contribution is 2.33. The monoisotopic (exact) mass is 316 g/mol. The number of carbonyl (C=O) groups is 2. The standard InChI is InChI=1S/C17H19NO5/c1-10-2-4-12(17(20)21)13(6-10)16(19)18-8-11-3-5-14-15(7-11)23-9-22-14/h2-3,5,7,12-13H,4,6,8-9H2,1H3,(H,18,19)(H,20,21)/p-1/t12-,13+/m0/s1. The lowest BCUT2D eigenvalue weighted by Crippen LogP contribution is -2.44. The third-order valence-corrected chi connectivity index (χ3v) is 4.29. The first kappa shape index (κ1) is 15.4. The van der Waals surface area contributed by atoms with Crippen LogP contribution in [0.1, 0.15) is 25.3 Å². The number of rotatable bonds is 4. The average molecular weight is 316 g/mol. The van der Waals surface area contributed by atoms with Gasteiger partial charge in [-0.05, 0) is 37.5 Å². The minimum absolute atomic E-state index is 0.201. The van der Waals surface area contributed by atoms with Gasteiger partial charge in [-0.1, -0.05) is 17.7 Å². The molecule has 23 heavy (non-hydrogen) atoms.